The molecule has 0 unspecified atom stereocenters. The lowest BCUT2D eigenvalue weighted by atomic mass is 9.81. The molecule has 0 N–H and O–H groups in total. The molecule has 0 nitrogen and oxygen atoms in total. The van der Waals surface area contributed by atoms with Crippen molar-refractivity contribution in [3.8, 4) is 0 Å². The van der Waals surface area contributed by atoms with Gasteiger partial charge in [-0.05, 0) is 25.0 Å². The van der Waals surface area contributed by atoms with Gasteiger partial charge < -0.3 is 0 Å². The van der Waals surface area contributed by atoms with Gasteiger partial charge in [-0.3, -0.25) is 0 Å². The van der Waals surface area contributed by atoms with Crippen molar-refractivity contribution in [2.45, 2.75) is 19.8 Å². The third-order valence-electron chi connectivity index (χ3n) is 3.99. The van der Waals surface area contributed by atoms with Crippen molar-refractivity contribution in [3.63, 3.8) is 0 Å². The maximum Gasteiger partial charge on any atom is 0.0317 e. The first-order valence-electron chi connectivity index (χ1n) is 7.09. The molecule has 0 heteroatoms. The predicted molar refractivity (Wildman–Crippen MR) is 85.5 cm³/mol. The summed E-state index contributed by atoms with van der Waals surface area (Å²) in [5, 5.41) is 0. The van der Waals surface area contributed by atoms with Gasteiger partial charge in [0.25, 0.3) is 0 Å². The second kappa shape index (κ2) is 5.50. The smallest absolute Gasteiger partial charge is 0.0317 e. The van der Waals surface area contributed by atoms with Crippen LogP contribution in [-0.2, 0) is 0 Å². The normalized spacial score (nSPS) is 15.3. The molecule has 2 aromatic carbocycles. The largest absolute Gasteiger partial charge is 0.0692 e. The van der Waals surface area contributed by atoms with E-state index >= 15 is 0 Å². The zero-order valence-electron chi connectivity index (χ0n) is 12.0. The highest BCUT2D eigenvalue weighted by Gasteiger charge is 2.25. The molecule has 0 fully saturated rings. The quantitative estimate of drug-likeness (QED) is 0.701. The third-order valence-corrected chi connectivity index (χ3v) is 3.99. The lowest BCUT2D eigenvalue weighted by Crippen LogP contribution is -2.07. The van der Waals surface area contributed by atoms with Gasteiger partial charge in [-0.25, -0.2) is 0 Å². The Hall–Kier alpha value is -2.08. The Morgan fingerprint density at radius 3 is 1.40 bits per heavy atom. The van der Waals surface area contributed by atoms with Gasteiger partial charge in [-0.15, -0.1) is 0 Å². The molecule has 20 heavy (non-hydrogen) atoms. The summed E-state index contributed by atoms with van der Waals surface area (Å²) < 4.78 is 0. The van der Waals surface area contributed by atoms with Crippen LogP contribution in [0.3, 0.4) is 0 Å². The van der Waals surface area contributed by atoms with Gasteiger partial charge in [-0.2, -0.15) is 0 Å². The summed E-state index contributed by atoms with van der Waals surface area (Å²) in [5.41, 5.74) is 5.45. The van der Waals surface area contributed by atoms with E-state index in [4.69, 9.17) is 0 Å². The molecular formula is C20H19. The fraction of sp³-hybridized carbons (Fsp3) is 0.150. The molecule has 1 aliphatic carbocycles. The maximum absolute atomic E-state index is 2.32. The minimum absolute atomic E-state index is 0.324. The molecule has 0 saturated heterocycles. The van der Waals surface area contributed by atoms with Gasteiger partial charge in [0.1, 0.15) is 0 Å². The van der Waals surface area contributed by atoms with E-state index in [9.17, 15) is 0 Å². The molecule has 99 valence electrons. The van der Waals surface area contributed by atoms with E-state index in [1.807, 2.05) is 0 Å². The Morgan fingerprint density at radius 2 is 1.00 bits per heavy atom. The molecule has 1 radical (unpaired) electrons. The maximum atomic E-state index is 2.32. The summed E-state index contributed by atoms with van der Waals surface area (Å²) in [7, 11) is 0. The second-order valence-corrected chi connectivity index (χ2v) is 5.41. The van der Waals surface area contributed by atoms with Gasteiger partial charge in [0.2, 0.25) is 0 Å². The van der Waals surface area contributed by atoms with Crippen LogP contribution in [0.5, 0.6) is 0 Å². The molecule has 0 aliphatic heterocycles. The SMILES string of the molecule is CC1=C[C](C(c2ccccc2)c2ccccc2)C=C1C. The van der Waals surface area contributed by atoms with Crippen molar-refractivity contribution in [3.05, 3.63) is 101 Å². The summed E-state index contributed by atoms with van der Waals surface area (Å²) in [6, 6.07) is 21.5. The highest BCUT2D eigenvalue weighted by Crippen LogP contribution is 2.40. The van der Waals surface area contributed by atoms with Crippen LogP contribution in [0.2, 0.25) is 0 Å². The summed E-state index contributed by atoms with van der Waals surface area (Å²) >= 11 is 0. The van der Waals surface area contributed by atoms with Crippen molar-refractivity contribution in [1.82, 2.24) is 0 Å². The standard InChI is InChI=1S/C20H19/c1-15-13-19(14-16(15)2)20(17-9-5-3-6-10-17)18-11-7-4-8-12-18/h3-14,20H,1-2H3. The summed E-state index contributed by atoms with van der Waals surface area (Å²) in [4.78, 5) is 0. The average molecular weight is 259 g/mol. The first kappa shape index (κ1) is 12.9. The van der Waals surface area contributed by atoms with Gasteiger partial charge >= 0.3 is 0 Å². The second-order valence-electron chi connectivity index (χ2n) is 5.41. The molecule has 0 aromatic heterocycles. The first-order chi connectivity index (χ1) is 9.75. The summed E-state index contributed by atoms with van der Waals surface area (Å²) in [6.07, 6.45) is 4.64. The van der Waals surface area contributed by atoms with Crippen LogP contribution in [0.25, 0.3) is 0 Å². The molecule has 0 saturated carbocycles. The van der Waals surface area contributed by atoms with Crippen LogP contribution >= 0.6 is 0 Å². The highest BCUT2D eigenvalue weighted by molar-refractivity contribution is 5.54. The molecule has 0 heterocycles. The number of benzene rings is 2. The fourth-order valence-corrected chi connectivity index (χ4v) is 2.80. The van der Waals surface area contributed by atoms with E-state index in [2.05, 4.69) is 86.7 Å². The molecule has 0 spiro atoms. The van der Waals surface area contributed by atoms with Crippen molar-refractivity contribution >= 4 is 0 Å². The van der Waals surface area contributed by atoms with E-state index in [1.54, 1.807) is 0 Å². The van der Waals surface area contributed by atoms with E-state index in [-0.39, 0.29) is 0 Å². The molecule has 0 bridgehead atoms. The Labute approximate surface area is 121 Å². The topological polar surface area (TPSA) is 0 Å². The van der Waals surface area contributed by atoms with Crippen LogP contribution in [0, 0.1) is 5.92 Å². The van der Waals surface area contributed by atoms with Crippen molar-refractivity contribution in [2.75, 3.05) is 0 Å². The molecular weight excluding hydrogens is 240 g/mol. The average Bonchev–Trinajstić information content (AvgIpc) is 2.81. The number of hydrogen-bond donors (Lipinski definition) is 0. The third kappa shape index (κ3) is 2.46. The molecule has 0 atom stereocenters. The molecule has 0 amide bonds. The number of hydrogen-bond acceptors (Lipinski definition) is 0. The van der Waals surface area contributed by atoms with Crippen LogP contribution in [-0.4, -0.2) is 0 Å². The Bertz CT molecular complexity index is 575. The van der Waals surface area contributed by atoms with Gasteiger partial charge in [0.05, 0.1) is 0 Å². The monoisotopic (exact) mass is 259 g/mol. The molecule has 3 rings (SSSR count). The Kier molecular flexibility index (Phi) is 3.56. The molecule has 1 aliphatic rings. The lowest BCUT2D eigenvalue weighted by Gasteiger charge is -2.21. The Balaban J connectivity index is 2.06. The first-order valence-corrected chi connectivity index (χ1v) is 7.09. The predicted octanol–water partition coefficient (Wildman–Crippen LogP) is 5.30. The minimum atomic E-state index is 0.324. The van der Waals surface area contributed by atoms with Gasteiger partial charge in [-0.1, -0.05) is 84.0 Å². The van der Waals surface area contributed by atoms with E-state index in [0.717, 1.165) is 0 Å². The minimum Gasteiger partial charge on any atom is -0.0692 e. The van der Waals surface area contributed by atoms with Crippen LogP contribution < -0.4 is 0 Å². The van der Waals surface area contributed by atoms with Crippen molar-refractivity contribution in [2.24, 2.45) is 0 Å². The molecule has 2 aromatic rings. The van der Waals surface area contributed by atoms with E-state index in [1.165, 1.54) is 28.2 Å². The zero-order chi connectivity index (χ0) is 13.9. The van der Waals surface area contributed by atoms with E-state index in [0.29, 0.717) is 5.92 Å². The summed E-state index contributed by atoms with van der Waals surface area (Å²) in [6.45, 7) is 4.37. The van der Waals surface area contributed by atoms with Crippen molar-refractivity contribution < 1.29 is 0 Å². The number of allylic oxidation sites excluding steroid dienone is 4. The number of rotatable bonds is 3. The van der Waals surface area contributed by atoms with E-state index < -0.39 is 0 Å². The van der Waals surface area contributed by atoms with Crippen LogP contribution in [0.4, 0.5) is 0 Å². The lowest BCUT2D eigenvalue weighted by molar-refractivity contribution is 0.907. The summed E-state index contributed by atoms with van der Waals surface area (Å²) in [5.74, 6) is 1.71. The van der Waals surface area contributed by atoms with Crippen LogP contribution in [0.15, 0.2) is 84.0 Å². The van der Waals surface area contributed by atoms with Crippen molar-refractivity contribution in [1.29, 1.82) is 0 Å². The van der Waals surface area contributed by atoms with Gasteiger partial charge in [0, 0.05) is 11.8 Å². The zero-order valence-corrected chi connectivity index (χ0v) is 12.0. The van der Waals surface area contributed by atoms with Gasteiger partial charge in [0.15, 0.2) is 0 Å². The Morgan fingerprint density at radius 1 is 0.600 bits per heavy atom. The fourth-order valence-electron chi connectivity index (χ4n) is 2.80. The van der Waals surface area contributed by atoms with Crippen LogP contribution in [0.1, 0.15) is 30.9 Å². The highest BCUT2D eigenvalue weighted by atomic mass is 14.3.